The lowest BCUT2D eigenvalue weighted by Crippen LogP contribution is -2.56. The minimum Gasteiger partial charge on any atom is -0.480 e. The van der Waals surface area contributed by atoms with E-state index in [0.29, 0.717) is 6.54 Å². The maximum absolute atomic E-state index is 12.1. The quantitative estimate of drug-likeness (QED) is 0.886. The minimum absolute atomic E-state index is 0.0371. The van der Waals surface area contributed by atoms with Crippen LogP contribution in [0, 0.1) is 6.92 Å². The van der Waals surface area contributed by atoms with Gasteiger partial charge in [0.2, 0.25) is 5.91 Å². The average Bonchev–Trinajstić information content (AvgIpc) is 2.34. The third kappa shape index (κ3) is 3.12. The molecule has 0 bridgehead atoms. The van der Waals surface area contributed by atoms with E-state index in [-0.39, 0.29) is 25.0 Å². The molecule has 19 heavy (non-hydrogen) atoms. The van der Waals surface area contributed by atoms with Gasteiger partial charge in [-0.15, -0.1) is 0 Å². The van der Waals surface area contributed by atoms with Gasteiger partial charge in [0.15, 0.2) is 0 Å². The Kier molecular flexibility index (Phi) is 3.85. The van der Waals surface area contributed by atoms with Gasteiger partial charge in [-0.3, -0.25) is 14.5 Å². The molecule has 1 fully saturated rings. The summed E-state index contributed by atoms with van der Waals surface area (Å²) in [7, 11) is 0. The van der Waals surface area contributed by atoms with Crippen LogP contribution in [0.2, 0.25) is 0 Å². The fourth-order valence-corrected chi connectivity index (χ4v) is 2.26. The lowest BCUT2D eigenvalue weighted by molar-refractivity contribution is -0.139. The van der Waals surface area contributed by atoms with Crippen molar-refractivity contribution in [2.24, 2.45) is 0 Å². The first-order valence-corrected chi connectivity index (χ1v) is 6.30. The van der Waals surface area contributed by atoms with Gasteiger partial charge in [0.25, 0.3) is 0 Å². The molecule has 1 aromatic rings. The Morgan fingerprint density at radius 2 is 2.00 bits per heavy atom. The first-order chi connectivity index (χ1) is 8.97. The van der Waals surface area contributed by atoms with Gasteiger partial charge in [-0.05, 0) is 26.0 Å². The normalized spacial score (nSPS) is 20.6. The molecular formula is C14H18N2O3. The number of nitrogens with zero attached hydrogens (tertiary/aromatic N) is 2. The Morgan fingerprint density at radius 1 is 1.37 bits per heavy atom. The van der Waals surface area contributed by atoms with Gasteiger partial charge in [0.1, 0.15) is 0 Å². The van der Waals surface area contributed by atoms with Gasteiger partial charge in [0, 0.05) is 18.3 Å². The van der Waals surface area contributed by atoms with E-state index in [1.54, 1.807) is 9.80 Å². The van der Waals surface area contributed by atoms with Crippen molar-refractivity contribution < 1.29 is 14.7 Å². The van der Waals surface area contributed by atoms with Crippen LogP contribution in [0.25, 0.3) is 0 Å². The summed E-state index contributed by atoms with van der Waals surface area (Å²) in [6.07, 6.45) is 0. The molecule has 2 rings (SSSR count). The molecule has 5 nitrogen and oxygen atoms in total. The molecule has 1 amide bonds. The number of carboxylic acid groups (broad SMARTS) is 1. The summed E-state index contributed by atoms with van der Waals surface area (Å²) < 4.78 is 0. The Balaban J connectivity index is 2.12. The van der Waals surface area contributed by atoms with Crippen LogP contribution < -0.4 is 4.90 Å². The number of anilines is 1. The molecule has 1 atom stereocenters. The number of hydrogen-bond donors (Lipinski definition) is 1. The van der Waals surface area contributed by atoms with Crippen LogP contribution in [-0.2, 0) is 9.59 Å². The summed E-state index contributed by atoms with van der Waals surface area (Å²) in [5.41, 5.74) is 2.02. The number of carbonyl (C=O) groups is 2. The Morgan fingerprint density at radius 3 is 2.58 bits per heavy atom. The van der Waals surface area contributed by atoms with Crippen LogP contribution in [0.1, 0.15) is 12.5 Å². The smallest absolute Gasteiger partial charge is 0.317 e. The van der Waals surface area contributed by atoms with Crippen molar-refractivity contribution in [1.82, 2.24) is 4.90 Å². The second kappa shape index (κ2) is 5.40. The summed E-state index contributed by atoms with van der Waals surface area (Å²) in [6, 6.07) is 7.82. The van der Waals surface area contributed by atoms with Gasteiger partial charge in [0.05, 0.1) is 13.1 Å². The van der Waals surface area contributed by atoms with Crippen LogP contribution in [0.15, 0.2) is 24.3 Å². The number of carboxylic acids is 1. The highest BCUT2D eigenvalue weighted by atomic mass is 16.4. The Labute approximate surface area is 112 Å². The highest BCUT2D eigenvalue weighted by molar-refractivity contribution is 5.96. The molecule has 0 spiro atoms. The van der Waals surface area contributed by atoms with Gasteiger partial charge in [-0.2, -0.15) is 0 Å². The van der Waals surface area contributed by atoms with E-state index < -0.39 is 5.97 Å². The summed E-state index contributed by atoms with van der Waals surface area (Å²) in [4.78, 5) is 26.3. The zero-order valence-corrected chi connectivity index (χ0v) is 11.2. The van der Waals surface area contributed by atoms with Crippen molar-refractivity contribution in [1.29, 1.82) is 0 Å². The molecule has 1 heterocycles. The van der Waals surface area contributed by atoms with Crippen molar-refractivity contribution >= 4 is 17.6 Å². The number of piperazine rings is 1. The molecule has 102 valence electrons. The number of carbonyl (C=O) groups excluding carboxylic acids is 1. The number of aryl methyl sites for hydroxylation is 1. The fraction of sp³-hybridized carbons (Fsp3) is 0.429. The topological polar surface area (TPSA) is 60.9 Å². The molecule has 1 saturated heterocycles. The van der Waals surface area contributed by atoms with Crippen molar-refractivity contribution in [3.8, 4) is 0 Å². The SMILES string of the molecule is Cc1ccc(N2C[C@@H](C)N(CC(=O)O)CC2=O)cc1. The average molecular weight is 262 g/mol. The second-order valence-electron chi connectivity index (χ2n) is 4.99. The first-order valence-electron chi connectivity index (χ1n) is 6.30. The van der Waals surface area contributed by atoms with E-state index in [4.69, 9.17) is 5.11 Å². The molecule has 0 radical (unpaired) electrons. The Bertz CT molecular complexity index is 484. The minimum atomic E-state index is -0.900. The highest BCUT2D eigenvalue weighted by Crippen LogP contribution is 2.20. The molecule has 0 aliphatic carbocycles. The predicted molar refractivity (Wildman–Crippen MR) is 72.2 cm³/mol. The number of amides is 1. The molecule has 1 aromatic carbocycles. The molecule has 0 aromatic heterocycles. The molecule has 0 unspecified atom stereocenters. The molecule has 1 N–H and O–H groups in total. The molecule has 0 saturated carbocycles. The zero-order chi connectivity index (χ0) is 14.0. The van der Waals surface area contributed by atoms with Crippen molar-refractivity contribution in [3.05, 3.63) is 29.8 Å². The third-order valence-corrected chi connectivity index (χ3v) is 3.39. The van der Waals surface area contributed by atoms with Crippen molar-refractivity contribution in [2.45, 2.75) is 19.9 Å². The van der Waals surface area contributed by atoms with E-state index >= 15 is 0 Å². The maximum atomic E-state index is 12.1. The molecule has 1 aliphatic heterocycles. The summed E-state index contributed by atoms with van der Waals surface area (Å²) in [6.45, 7) is 4.53. The van der Waals surface area contributed by atoms with Crippen LogP contribution >= 0.6 is 0 Å². The lowest BCUT2D eigenvalue weighted by atomic mass is 10.1. The van der Waals surface area contributed by atoms with Gasteiger partial charge in [-0.25, -0.2) is 0 Å². The standard InChI is InChI=1S/C14H18N2O3/c1-10-3-5-12(6-4-10)16-7-11(2)15(8-13(16)17)9-14(18)19/h3-6,11H,7-9H2,1-2H3,(H,18,19)/t11-/m1/s1. The monoisotopic (exact) mass is 262 g/mol. The van der Waals surface area contributed by atoms with E-state index in [9.17, 15) is 9.59 Å². The Hall–Kier alpha value is -1.88. The van der Waals surface area contributed by atoms with E-state index in [0.717, 1.165) is 11.3 Å². The predicted octanol–water partition coefficient (Wildman–Crippen LogP) is 1.12. The van der Waals surface area contributed by atoms with Crippen LogP contribution in [-0.4, -0.2) is 47.6 Å². The lowest BCUT2D eigenvalue weighted by Gasteiger charge is -2.38. The van der Waals surface area contributed by atoms with Crippen LogP contribution in [0.4, 0.5) is 5.69 Å². The number of hydrogen-bond acceptors (Lipinski definition) is 3. The molecular weight excluding hydrogens is 244 g/mol. The van der Waals surface area contributed by atoms with E-state index in [1.807, 2.05) is 38.1 Å². The number of rotatable bonds is 3. The summed E-state index contributed by atoms with van der Waals surface area (Å²) in [5.74, 6) is -0.952. The fourth-order valence-electron chi connectivity index (χ4n) is 2.26. The van der Waals surface area contributed by atoms with Crippen molar-refractivity contribution in [3.63, 3.8) is 0 Å². The first kappa shape index (κ1) is 13.5. The number of benzene rings is 1. The second-order valence-corrected chi connectivity index (χ2v) is 4.99. The summed E-state index contributed by atoms with van der Waals surface area (Å²) in [5, 5.41) is 8.82. The van der Waals surface area contributed by atoms with Gasteiger partial charge >= 0.3 is 5.97 Å². The number of aliphatic carboxylic acids is 1. The van der Waals surface area contributed by atoms with E-state index in [1.165, 1.54) is 0 Å². The largest absolute Gasteiger partial charge is 0.480 e. The van der Waals surface area contributed by atoms with Gasteiger partial charge < -0.3 is 10.0 Å². The highest BCUT2D eigenvalue weighted by Gasteiger charge is 2.31. The zero-order valence-electron chi connectivity index (χ0n) is 11.2. The van der Waals surface area contributed by atoms with Crippen molar-refractivity contribution in [2.75, 3.05) is 24.5 Å². The molecule has 1 aliphatic rings. The third-order valence-electron chi connectivity index (χ3n) is 3.39. The maximum Gasteiger partial charge on any atom is 0.317 e. The molecule has 5 heteroatoms. The van der Waals surface area contributed by atoms with Crippen LogP contribution in [0.3, 0.4) is 0 Å². The van der Waals surface area contributed by atoms with Crippen LogP contribution in [0.5, 0.6) is 0 Å². The van der Waals surface area contributed by atoms with E-state index in [2.05, 4.69) is 0 Å². The van der Waals surface area contributed by atoms with Gasteiger partial charge in [-0.1, -0.05) is 17.7 Å². The summed E-state index contributed by atoms with van der Waals surface area (Å²) >= 11 is 0.